The van der Waals surface area contributed by atoms with Crippen LogP contribution in [-0.2, 0) is 4.79 Å². The first-order valence-corrected chi connectivity index (χ1v) is 4.12. The van der Waals surface area contributed by atoms with Crippen LogP contribution in [0.2, 0.25) is 0 Å². The molecule has 6 heteroatoms. The van der Waals surface area contributed by atoms with E-state index in [0.717, 1.165) is 0 Å². The molecule has 1 aromatic rings. The van der Waals surface area contributed by atoms with Crippen molar-refractivity contribution in [3.05, 3.63) is 29.6 Å². The van der Waals surface area contributed by atoms with E-state index in [9.17, 15) is 19.8 Å². The van der Waals surface area contributed by atoms with Gasteiger partial charge in [-0.15, -0.1) is 0 Å². The molecule has 0 spiro atoms. The highest BCUT2D eigenvalue weighted by atomic mass is 16.3. The molecular weight excluding hydrogens is 200 g/mol. The summed E-state index contributed by atoms with van der Waals surface area (Å²) in [6.07, 6.45) is -0.255. The maximum Gasteiger partial charge on any atom is 0.249 e. The van der Waals surface area contributed by atoms with E-state index < -0.39 is 18.1 Å². The van der Waals surface area contributed by atoms with E-state index in [2.05, 4.69) is 4.98 Å². The lowest BCUT2D eigenvalue weighted by molar-refractivity contribution is -0.132. The largest absolute Gasteiger partial charge is 0.385 e. The van der Waals surface area contributed by atoms with Crippen molar-refractivity contribution < 1.29 is 19.8 Å². The molecule has 80 valence electrons. The third-order valence-corrected chi connectivity index (χ3v) is 1.92. The van der Waals surface area contributed by atoms with Crippen molar-refractivity contribution in [2.24, 2.45) is 5.73 Å². The molecule has 1 rings (SSSR count). The third kappa shape index (κ3) is 2.36. The van der Waals surface area contributed by atoms with Crippen molar-refractivity contribution in [1.29, 1.82) is 0 Å². The average Bonchev–Trinajstić information content (AvgIpc) is 2.26. The van der Waals surface area contributed by atoms with E-state index in [-0.39, 0.29) is 11.1 Å². The second kappa shape index (κ2) is 4.63. The molecule has 0 bridgehead atoms. The van der Waals surface area contributed by atoms with Gasteiger partial charge in [-0.3, -0.25) is 14.6 Å². The van der Waals surface area contributed by atoms with Crippen LogP contribution in [0.5, 0.6) is 0 Å². The number of hydrogen-bond donors (Lipinski definition) is 3. The van der Waals surface area contributed by atoms with Crippen LogP contribution in [0, 0.1) is 0 Å². The SMILES string of the molecule is NC(=O)C(O)C(O)c1cnccc1C=O. The van der Waals surface area contributed by atoms with Crippen molar-refractivity contribution in [3.63, 3.8) is 0 Å². The van der Waals surface area contributed by atoms with Gasteiger partial charge in [-0.1, -0.05) is 0 Å². The van der Waals surface area contributed by atoms with Gasteiger partial charge >= 0.3 is 0 Å². The topological polar surface area (TPSA) is 114 Å². The van der Waals surface area contributed by atoms with E-state index in [4.69, 9.17) is 5.73 Å². The summed E-state index contributed by atoms with van der Waals surface area (Å²) >= 11 is 0. The number of nitrogens with zero attached hydrogens (tertiary/aromatic N) is 1. The molecule has 2 unspecified atom stereocenters. The minimum atomic E-state index is -1.76. The van der Waals surface area contributed by atoms with E-state index in [1.807, 2.05) is 0 Å². The Morgan fingerprint density at radius 3 is 2.73 bits per heavy atom. The summed E-state index contributed by atoms with van der Waals surface area (Å²) in [5.74, 6) is -1.07. The zero-order valence-corrected chi connectivity index (χ0v) is 7.70. The van der Waals surface area contributed by atoms with Gasteiger partial charge in [-0.2, -0.15) is 0 Å². The maximum absolute atomic E-state index is 10.6. The number of pyridine rings is 1. The average molecular weight is 210 g/mol. The molecular formula is C9H10N2O4. The maximum atomic E-state index is 10.6. The molecule has 15 heavy (non-hydrogen) atoms. The molecule has 0 aliphatic carbocycles. The van der Waals surface area contributed by atoms with E-state index in [1.165, 1.54) is 18.5 Å². The van der Waals surface area contributed by atoms with Gasteiger partial charge in [0, 0.05) is 23.5 Å². The molecule has 0 aliphatic heterocycles. The normalized spacial score (nSPS) is 14.3. The van der Waals surface area contributed by atoms with Gasteiger partial charge in [0.25, 0.3) is 0 Å². The number of aldehydes is 1. The molecule has 2 atom stereocenters. The van der Waals surface area contributed by atoms with Crippen LogP contribution in [-0.4, -0.2) is 33.5 Å². The Hall–Kier alpha value is -1.79. The molecule has 1 aromatic heterocycles. The molecule has 6 nitrogen and oxygen atoms in total. The number of amides is 1. The standard InChI is InChI=1S/C9H10N2O4/c10-9(15)8(14)7(13)6-3-11-2-1-5(6)4-12/h1-4,7-8,13-14H,(H2,10,15). The fourth-order valence-electron chi connectivity index (χ4n) is 1.10. The molecule has 0 saturated carbocycles. The third-order valence-electron chi connectivity index (χ3n) is 1.92. The van der Waals surface area contributed by atoms with Crippen LogP contribution in [0.15, 0.2) is 18.5 Å². The quantitative estimate of drug-likeness (QED) is 0.538. The zero-order valence-electron chi connectivity index (χ0n) is 7.70. The van der Waals surface area contributed by atoms with Gasteiger partial charge in [-0.05, 0) is 6.07 Å². The van der Waals surface area contributed by atoms with Crippen molar-refractivity contribution >= 4 is 12.2 Å². The summed E-state index contributed by atoms with van der Waals surface area (Å²) < 4.78 is 0. The molecule has 0 aromatic carbocycles. The lowest BCUT2D eigenvalue weighted by Gasteiger charge is -2.15. The van der Waals surface area contributed by atoms with Gasteiger partial charge < -0.3 is 15.9 Å². The fourth-order valence-corrected chi connectivity index (χ4v) is 1.10. The summed E-state index contributed by atoms with van der Waals surface area (Å²) in [4.78, 5) is 24.9. The van der Waals surface area contributed by atoms with Gasteiger partial charge in [0.2, 0.25) is 5.91 Å². The summed E-state index contributed by atoms with van der Waals surface area (Å²) in [5.41, 5.74) is 5.03. The minimum absolute atomic E-state index is 0.0683. The van der Waals surface area contributed by atoms with Crippen molar-refractivity contribution in [2.75, 3.05) is 0 Å². The summed E-state index contributed by atoms with van der Waals surface area (Å²) in [7, 11) is 0. The van der Waals surface area contributed by atoms with Crippen LogP contribution < -0.4 is 5.73 Å². The number of hydrogen-bond acceptors (Lipinski definition) is 5. The molecule has 1 heterocycles. The van der Waals surface area contributed by atoms with Crippen LogP contribution in [0.3, 0.4) is 0 Å². The Labute approximate surface area is 85.4 Å². The molecule has 4 N–H and O–H groups in total. The monoisotopic (exact) mass is 210 g/mol. The Balaban J connectivity index is 3.04. The van der Waals surface area contributed by atoms with Crippen molar-refractivity contribution in [2.45, 2.75) is 12.2 Å². The van der Waals surface area contributed by atoms with Crippen LogP contribution >= 0.6 is 0 Å². The molecule has 1 amide bonds. The van der Waals surface area contributed by atoms with Gasteiger partial charge in [0.15, 0.2) is 12.4 Å². The fraction of sp³-hybridized carbons (Fsp3) is 0.222. The van der Waals surface area contributed by atoms with Crippen molar-refractivity contribution in [3.8, 4) is 0 Å². The minimum Gasteiger partial charge on any atom is -0.385 e. The summed E-state index contributed by atoms with van der Waals surface area (Å²) in [6, 6.07) is 1.36. The molecule has 0 fully saturated rings. The second-order valence-electron chi connectivity index (χ2n) is 2.91. The number of rotatable bonds is 4. The first-order chi connectivity index (χ1) is 7.07. The first-order valence-electron chi connectivity index (χ1n) is 4.12. The number of aliphatic hydroxyl groups excluding tert-OH is 2. The summed E-state index contributed by atoms with van der Waals surface area (Å²) in [6.45, 7) is 0. The highest BCUT2D eigenvalue weighted by Gasteiger charge is 2.25. The van der Waals surface area contributed by atoms with E-state index in [1.54, 1.807) is 0 Å². The Morgan fingerprint density at radius 2 is 2.20 bits per heavy atom. The molecule has 0 aliphatic rings. The Morgan fingerprint density at radius 1 is 1.53 bits per heavy atom. The summed E-state index contributed by atoms with van der Waals surface area (Å²) in [5, 5.41) is 18.7. The smallest absolute Gasteiger partial charge is 0.249 e. The van der Waals surface area contributed by atoms with Gasteiger partial charge in [0.1, 0.15) is 6.10 Å². The van der Waals surface area contributed by atoms with Crippen LogP contribution in [0.1, 0.15) is 22.0 Å². The van der Waals surface area contributed by atoms with Crippen LogP contribution in [0.4, 0.5) is 0 Å². The van der Waals surface area contributed by atoms with E-state index in [0.29, 0.717) is 6.29 Å². The number of carbonyl (C=O) groups is 2. The lowest BCUT2D eigenvalue weighted by Crippen LogP contribution is -2.34. The predicted octanol–water partition coefficient (Wildman–Crippen LogP) is -1.23. The number of aromatic nitrogens is 1. The number of nitrogens with two attached hydrogens (primary N) is 1. The highest BCUT2D eigenvalue weighted by Crippen LogP contribution is 2.18. The van der Waals surface area contributed by atoms with Crippen LogP contribution in [0.25, 0.3) is 0 Å². The molecule has 0 saturated heterocycles. The lowest BCUT2D eigenvalue weighted by atomic mass is 10.0. The van der Waals surface area contributed by atoms with Crippen molar-refractivity contribution in [1.82, 2.24) is 4.98 Å². The predicted molar refractivity (Wildman–Crippen MR) is 49.8 cm³/mol. The highest BCUT2D eigenvalue weighted by molar-refractivity contribution is 5.81. The number of aliphatic hydroxyl groups is 2. The Bertz CT molecular complexity index is 380. The van der Waals surface area contributed by atoms with Gasteiger partial charge in [0.05, 0.1) is 0 Å². The van der Waals surface area contributed by atoms with E-state index >= 15 is 0 Å². The zero-order chi connectivity index (χ0) is 11.4. The first kappa shape index (κ1) is 11.3. The second-order valence-corrected chi connectivity index (χ2v) is 2.91. The number of primary amides is 1. The Kier molecular flexibility index (Phi) is 3.48. The van der Waals surface area contributed by atoms with Gasteiger partial charge in [-0.25, -0.2) is 0 Å². The molecule has 0 radical (unpaired) electrons. The number of carbonyl (C=O) groups excluding carboxylic acids is 2.